The average molecular weight is 348 g/mol. The van der Waals surface area contributed by atoms with Gasteiger partial charge < -0.3 is 10.3 Å². The van der Waals surface area contributed by atoms with E-state index in [-0.39, 0.29) is 11.5 Å². The molecule has 0 saturated carbocycles. The Kier molecular flexibility index (Phi) is 4.57. The molecule has 1 aromatic heterocycles. The molecule has 2 unspecified atom stereocenters. The molecule has 0 radical (unpaired) electrons. The van der Waals surface area contributed by atoms with E-state index in [2.05, 4.69) is 41.2 Å². The Morgan fingerprint density at radius 2 is 1.81 bits per heavy atom. The first-order valence-electron chi connectivity index (χ1n) is 9.07. The fourth-order valence-corrected chi connectivity index (χ4v) is 3.64. The van der Waals surface area contributed by atoms with E-state index in [1.165, 1.54) is 0 Å². The quantitative estimate of drug-likeness (QED) is 0.764. The molecule has 0 spiro atoms. The van der Waals surface area contributed by atoms with Crippen LogP contribution < -0.4 is 5.73 Å². The molecule has 0 bridgehead atoms. The van der Waals surface area contributed by atoms with Crippen molar-refractivity contribution in [2.75, 3.05) is 19.6 Å². The molecule has 0 aliphatic carbocycles. The van der Waals surface area contributed by atoms with E-state index in [1.807, 2.05) is 36.4 Å². The summed E-state index contributed by atoms with van der Waals surface area (Å²) in [5.41, 5.74) is 8.27. The number of rotatable bonds is 5. The van der Waals surface area contributed by atoms with Gasteiger partial charge in [-0.3, -0.25) is 4.90 Å². The lowest BCUT2D eigenvalue weighted by Gasteiger charge is -2.27. The minimum absolute atomic E-state index is 0.0467. The van der Waals surface area contributed by atoms with Crippen LogP contribution in [-0.4, -0.2) is 34.7 Å². The maximum absolute atomic E-state index is 6.01. The first kappa shape index (κ1) is 16.9. The molecule has 1 saturated heterocycles. The van der Waals surface area contributed by atoms with Gasteiger partial charge in [-0.25, -0.2) is 0 Å². The van der Waals surface area contributed by atoms with Crippen LogP contribution in [0.1, 0.15) is 30.8 Å². The lowest BCUT2D eigenvalue weighted by molar-refractivity contribution is 0.202. The Bertz CT molecular complexity index is 849. The number of hydrogen-bond donors (Lipinski definition) is 1. The SMILES string of the molecule is CC1(CN)CCN(C(c2ccccc2)c2nc(-c3ccccc3)no2)C1. The summed E-state index contributed by atoms with van der Waals surface area (Å²) in [6.07, 6.45) is 1.08. The third-order valence-electron chi connectivity index (χ3n) is 5.27. The van der Waals surface area contributed by atoms with Crippen molar-refractivity contribution in [2.24, 2.45) is 11.1 Å². The average Bonchev–Trinajstić information content (AvgIpc) is 3.32. The molecule has 1 fully saturated rings. The minimum Gasteiger partial charge on any atom is -0.337 e. The molecule has 2 heterocycles. The van der Waals surface area contributed by atoms with Gasteiger partial charge in [-0.2, -0.15) is 4.98 Å². The van der Waals surface area contributed by atoms with E-state index in [1.54, 1.807) is 0 Å². The van der Waals surface area contributed by atoms with E-state index in [0.717, 1.165) is 30.6 Å². The lowest BCUT2D eigenvalue weighted by Crippen LogP contribution is -2.33. The maximum atomic E-state index is 6.01. The van der Waals surface area contributed by atoms with Crippen molar-refractivity contribution in [1.82, 2.24) is 15.0 Å². The molecule has 2 atom stereocenters. The summed E-state index contributed by atoms with van der Waals surface area (Å²) >= 11 is 0. The molecule has 134 valence electrons. The van der Waals surface area contributed by atoms with Gasteiger partial charge in [-0.1, -0.05) is 72.7 Å². The van der Waals surface area contributed by atoms with Gasteiger partial charge in [0, 0.05) is 12.1 Å². The number of hydrogen-bond acceptors (Lipinski definition) is 5. The van der Waals surface area contributed by atoms with Gasteiger partial charge in [0.15, 0.2) is 0 Å². The van der Waals surface area contributed by atoms with Crippen LogP contribution in [0.5, 0.6) is 0 Å². The maximum Gasteiger partial charge on any atom is 0.248 e. The summed E-state index contributed by atoms with van der Waals surface area (Å²) in [5, 5.41) is 4.22. The number of benzene rings is 2. The number of aromatic nitrogens is 2. The number of nitrogens with two attached hydrogens (primary N) is 1. The van der Waals surface area contributed by atoms with Crippen LogP contribution in [0.25, 0.3) is 11.4 Å². The van der Waals surface area contributed by atoms with E-state index in [0.29, 0.717) is 18.3 Å². The fourth-order valence-electron chi connectivity index (χ4n) is 3.64. The van der Waals surface area contributed by atoms with Crippen LogP contribution in [0.2, 0.25) is 0 Å². The molecule has 0 amide bonds. The van der Waals surface area contributed by atoms with E-state index >= 15 is 0 Å². The third-order valence-corrected chi connectivity index (χ3v) is 5.27. The zero-order valence-corrected chi connectivity index (χ0v) is 15.0. The highest BCUT2D eigenvalue weighted by atomic mass is 16.5. The molecule has 1 aliphatic rings. The van der Waals surface area contributed by atoms with Crippen LogP contribution in [0.15, 0.2) is 65.2 Å². The van der Waals surface area contributed by atoms with Gasteiger partial charge in [-0.15, -0.1) is 0 Å². The number of nitrogens with zero attached hydrogens (tertiary/aromatic N) is 3. The smallest absolute Gasteiger partial charge is 0.248 e. The van der Waals surface area contributed by atoms with Crippen molar-refractivity contribution in [1.29, 1.82) is 0 Å². The van der Waals surface area contributed by atoms with Crippen LogP contribution in [0.3, 0.4) is 0 Å². The van der Waals surface area contributed by atoms with Crippen molar-refractivity contribution in [3.63, 3.8) is 0 Å². The van der Waals surface area contributed by atoms with E-state index < -0.39 is 0 Å². The minimum atomic E-state index is -0.0467. The predicted octanol–water partition coefficient (Wildman–Crippen LogP) is 3.50. The lowest BCUT2D eigenvalue weighted by atomic mass is 9.90. The summed E-state index contributed by atoms with van der Waals surface area (Å²) in [4.78, 5) is 7.13. The van der Waals surface area contributed by atoms with Gasteiger partial charge in [0.1, 0.15) is 6.04 Å². The zero-order valence-electron chi connectivity index (χ0n) is 15.0. The second-order valence-corrected chi connectivity index (χ2v) is 7.37. The first-order chi connectivity index (χ1) is 12.7. The van der Waals surface area contributed by atoms with Crippen LogP contribution >= 0.6 is 0 Å². The molecule has 5 nitrogen and oxygen atoms in total. The second-order valence-electron chi connectivity index (χ2n) is 7.37. The Balaban J connectivity index is 1.69. The fraction of sp³-hybridized carbons (Fsp3) is 0.333. The molecular formula is C21H24N4O. The summed E-state index contributed by atoms with van der Waals surface area (Å²) in [5.74, 6) is 1.26. The van der Waals surface area contributed by atoms with Gasteiger partial charge in [0.05, 0.1) is 0 Å². The zero-order chi connectivity index (χ0) is 18.0. The van der Waals surface area contributed by atoms with Crippen LogP contribution in [-0.2, 0) is 0 Å². The molecule has 1 aliphatic heterocycles. The Morgan fingerprint density at radius 1 is 1.12 bits per heavy atom. The highest BCUT2D eigenvalue weighted by Gasteiger charge is 2.39. The largest absolute Gasteiger partial charge is 0.337 e. The van der Waals surface area contributed by atoms with Gasteiger partial charge >= 0.3 is 0 Å². The molecule has 4 rings (SSSR count). The van der Waals surface area contributed by atoms with Gasteiger partial charge in [-0.05, 0) is 30.5 Å². The molecule has 26 heavy (non-hydrogen) atoms. The van der Waals surface area contributed by atoms with Crippen LogP contribution in [0.4, 0.5) is 0 Å². The Labute approximate surface area is 153 Å². The van der Waals surface area contributed by atoms with Gasteiger partial charge in [0.2, 0.25) is 11.7 Å². The van der Waals surface area contributed by atoms with Crippen molar-refractivity contribution in [3.05, 3.63) is 72.1 Å². The Morgan fingerprint density at radius 3 is 2.46 bits per heavy atom. The molecule has 3 aromatic rings. The summed E-state index contributed by atoms with van der Waals surface area (Å²) < 4.78 is 5.72. The Hall–Kier alpha value is -2.50. The topological polar surface area (TPSA) is 68.2 Å². The predicted molar refractivity (Wildman–Crippen MR) is 101 cm³/mol. The van der Waals surface area contributed by atoms with Gasteiger partial charge in [0.25, 0.3) is 0 Å². The van der Waals surface area contributed by atoms with E-state index in [9.17, 15) is 0 Å². The molecule has 2 N–H and O–H groups in total. The molecular weight excluding hydrogens is 324 g/mol. The van der Waals surface area contributed by atoms with Crippen LogP contribution in [0, 0.1) is 5.41 Å². The molecule has 2 aromatic carbocycles. The standard InChI is InChI=1S/C21H24N4O/c1-21(14-22)12-13-25(15-21)18(16-8-4-2-5-9-16)20-23-19(24-26-20)17-10-6-3-7-11-17/h2-11,18H,12-15,22H2,1H3. The monoisotopic (exact) mass is 348 g/mol. The van der Waals surface area contributed by atoms with Crippen molar-refractivity contribution in [3.8, 4) is 11.4 Å². The summed E-state index contributed by atoms with van der Waals surface area (Å²) in [6.45, 7) is 4.82. The normalized spacial score (nSPS) is 21.8. The second kappa shape index (κ2) is 7.02. The van der Waals surface area contributed by atoms with Crippen molar-refractivity contribution in [2.45, 2.75) is 19.4 Å². The first-order valence-corrected chi connectivity index (χ1v) is 9.07. The number of likely N-dealkylation sites (tertiary alicyclic amines) is 1. The highest BCUT2D eigenvalue weighted by Crippen LogP contribution is 2.37. The van der Waals surface area contributed by atoms with Crippen molar-refractivity contribution < 1.29 is 4.52 Å². The third kappa shape index (κ3) is 3.28. The summed E-state index contributed by atoms with van der Waals surface area (Å²) in [7, 11) is 0. The summed E-state index contributed by atoms with van der Waals surface area (Å²) in [6, 6.07) is 20.2. The highest BCUT2D eigenvalue weighted by molar-refractivity contribution is 5.53. The van der Waals surface area contributed by atoms with Crippen molar-refractivity contribution >= 4 is 0 Å². The molecule has 5 heteroatoms. The van der Waals surface area contributed by atoms with E-state index in [4.69, 9.17) is 15.2 Å².